The second-order valence-corrected chi connectivity index (χ2v) is 3.78. The number of imide groups is 1. The highest BCUT2D eigenvalue weighted by atomic mass is 16.2. The number of hydrogen-bond acceptors (Lipinski definition) is 2. The maximum absolute atomic E-state index is 11.2. The Bertz CT molecular complexity index is 296. The summed E-state index contributed by atoms with van der Waals surface area (Å²) in [5, 5.41) is 2.27. The number of nitrogens with zero attached hydrogens (tertiary/aromatic N) is 1. The molecule has 0 aromatic carbocycles. The second-order valence-electron chi connectivity index (χ2n) is 3.78. The lowest BCUT2D eigenvalue weighted by atomic mass is 10.1. The van der Waals surface area contributed by atoms with Gasteiger partial charge in [0.2, 0.25) is 5.91 Å². The first-order chi connectivity index (χ1) is 6.75. The maximum Gasteiger partial charge on any atom is 0.324 e. The minimum absolute atomic E-state index is 0.185. The van der Waals surface area contributed by atoms with Crippen molar-refractivity contribution in [2.24, 2.45) is 0 Å². The summed E-state index contributed by atoms with van der Waals surface area (Å²) >= 11 is 0. The maximum atomic E-state index is 11.2. The van der Waals surface area contributed by atoms with E-state index in [9.17, 15) is 9.59 Å². The fraction of sp³-hybridized carbons (Fsp3) is 0.600. The van der Waals surface area contributed by atoms with Gasteiger partial charge >= 0.3 is 6.03 Å². The largest absolute Gasteiger partial charge is 0.324 e. The molecular formula is C10H14N2O2. The molecule has 0 bridgehead atoms. The average Bonchev–Trinajstić information content (AvgIpc) is 2.72. The molecule has 3 amide bonds. The third-order valence-corrected chi connectivity index (χ3v) is 2.71. The first-order valence-electron chi connectivity index (χ1n) is 5.02. The Morgan fingerprint density at radius 2 is 2.29 bits per heavy atom. The Kier molecular flexibility index (Phi) is 2.52. The summed E-state index contributed by atoms with van der Waals surface area (Å²) in [6, 6.07) is -0.242. The molecule has 1 aliphatic carbocycles. The third kappa shape index (κ3) is 1.95. The van der Waals surface area contributed by atoms with Crippen LogP contribution in [0.3, 0.4) is 0 Å². The molecule has 14 heavy (non-hydrogen) atoms. The van der Waals surface area contributed by atoms with Crippen LogP contribution < -0.4 is 5.32 Å². The molecule has 0 spiro atoms. The molecule has 0 radical (unpaired) electrons. The van der Waals surface area contributed by atoms with Gasteiger partial charge in [0.25, 0.3) is 0 Å². The summed E-state index contributed by atoms with van der Waals surface area (Å²) in [4.78, 5) is 23.6. The van der Waals surface area contributed by atoms with Crippen molar-refractivity contribution in [2.45, 2.75) is 25.7 Å². The number of amides is 3. The summed E-state index contributed by atoms with van der Waals surface area (Å²) in [5.74, 6) is -0.185. The average molecular weight is 194 g/mol. The van der Waals surface area contributed by atoms with Gasteiger partial charge in [-0.05, 0) is 25.7 Å². The van der Waals surface area contributed by atoms with Gasteiger partial charge in [0.1, 0.15) is 6.54 Å². The fourth-order valence-electron chi connectivity index (χ4n) is 1.91. The van der Waals surface area contributed by atoms with Crippen LogP contribution in [0.5, 0.6) is 0 Å². The van der Waals surface area contributed by atoms with Crippen LogP contribution in [0.25, 0.3) is 0 Å². The highest BCUT2D eigenvalue weighted by Gasteiger charge is 2.26. The zero-order valence-electron chi connectivity index (χ0n) is 8.08. The number of carbonyl (C=O) groups is 2. The standard InChI is InChI=1S/C10H14N2O2/c13-9-7-12(10(14)11-9)6-5-8-3-1-2-4-8/h3H,1-2,4-7H2,(H,11,13,14). The van der Waals surface area contributed by atoms with E-state index in [-0.39, 0.29) is 18.5 Å². The van der Waals surface area contributed by atoms with Crippen LogP contribution in [0.2, 0.25) is 0 Å². The van der Waals surface area contributed by atoms with Crippen molar-refractivity contribution < 1.29 is 9.59 Å². The number of allylic oxidation sites excluding steroid dienone is 1. The third-order valence-electron chi connectivity index (χ3n) is 2.71. The molecule has 1 saturated heterocycles. The summed E-state index contributed by atoms with van der Waals surface area (Å²) in [5.41, 5.74) is 1.43. The van der Waals surface area contributed by atoms with Crippen molar-refractivity contribution in [3.05, 3.63) is 11.6 Å². The molecule has 1 aliphatic heterocycles. The smallest absolute Gasteiger partial charge is 0.315 e. The van der Waals surface area contributed by atoms with Gasteiger partial charge in [0.15, 0.2) is 0 Å². The molecule has 2 aliphatic rings. The summed E-state index contributed by atoms with van der Waals surface area (Å²) < 4.78 is 0. The molecule has 4 nitrogen and oxygen atoms in total. The molecule has 0 aromatic heterocycles. The molecule has 4 heteroatoms. The van der Waals surface area contributed by atoms with Crippen molar-refractivity contribution in [2.75, 3.05) is 13.1 Å². The summed E-state index contributed by atoms with van der Waals surface area (Å²) in [7, 11) is 0. The van der Waals surface area contributed by atoms with E-state index in [0.29, 0.717) is 6.54 Å². The van der Waals surface area contributed by atoms with Gasteiger partial charge in [-0.25, -0.2) is 4.79 Å². The van der Waals surface area contributed by atoms with Crippen molar-refractivity contribution >= 4 is 11.9 Å². The molecule has 0 atom stereocenters. The lowest BCUT2D eigenvalue weighted by molar-refractivity contribution is -0.118. The minimum Gasteiger partial charge on any atom is -0.315 e. The van der Waals surface area contributed by atoms with E-state index in [1.807, 2.05) is 0 Å². The van der Waals surface area contributed by atoms with Gasteiger partial charge in [-0.2, -0.15) is 0 Å². The molecule has 0 aromatic rings. The predicted octanol–water partition coefficient (Wildman–Crippen LogP) is 1.04. The quantitative estimate of drug-likeness (QED) is 0.539. The van der Waals surface area contributed by atoms with Crippen molar-refractivity contribution in [3.8, 4) is 0 Å². The Labute approximate surface area is 83.0 Å². The zero-order valence-corrected chi connectivity index (χ0v) is 8.08. The molecule has 1 fully saturated rings. The highest BCUT2D eigenvalue weighted by Crippen LogP contribution is 2.20. The predicted molar refractivity (Wildman–Crippen MR) is 51.7 cm³/mol. The normalized spacial score (nSPS) is 21.4. The van der Waals surface area contributed by atoms with Crippen LogP contribution in [-0.4, -0.2) is 29.9 Å². The van der Waals surface area contributed by atoms with E-state index < -0.39 is 0 Å². The molecule has 1 N–H and O–H groups in total. The fourth-order valence-corrected chi connectivity index (χ4v) is 1.91. The van der Waals surface area contributed by atoms with Gasteiger partial charge < -0.3 is 4.90 Å². The summed E-state index contributed by atoms with van der Waals surface area (Å²) in [6.07, 6.45) is 6.72. The minimum atomic E-state index is -0.242. The number of rotatable bonds is 3. The monoisotopic (exact) mass is 194 g/mol. The van der Waals surface area contributed by atoms with E-state index in [1.54, 1.807) is 4.90 Å². The molecule has 76 valence electrons. The molecule has 1 heterocycles. The van der Waals surface area contributed by atoms with Gasteiger partial charge in [0.05, 0.1) is 0 Å². The van der Waals surface area contributed by atoms with E-state index in [4.69, 9.17) is 0 Å². The Morgan fingerprint density at radius 3 is 2.86 bits per heavy atom. The molecule has 2 rings (SSSR count). The van der Waals surface area contributed by atoms with Crippen LogP contribution in [0.1, 0.15) is 25.7 Å². The van der Waals surface area contributed by atoms with Crippen molar-refractivity contribution in [3.63, 3.8) is 0 Å². The number of carbonyl (C=O) groups excluding carboxylic acids is 2. The van der Waals surface area contributed by atoms with E-state index >= 15 is 0 Å². The number of urea groups is 1. The van der Waals surface area contributed by atoms with Gasteiger partial charge in [-0.3, -0.25) is 10.1 Å². The lowest BCUT2D eigenvalue weighted by Gasteiger charge is -2.12. The summed E-state index contributed by atoms with van der Waals surface area (Å²) in [6.45, 7) is 0.898. The SMILES string of the molecule is O=C1CN(CCC2=CCCC2)C(=O)N1. The van der Waals surface area contributed by atoms with E-state index in [2.05, 4.69) is 11.4 Å². The number of nitrogens with one attached hydrogen (secondary N) is 1. The highest BCUT2D eigenvalue weighted by molar-refractivity contribution is 6.01. The lowest BCUT2D eigenvalue weighted by Crippen LogP contribution is -2.29. The molecular weight excluding hydrogens is 180 g/mol. The van der Waals surface area contributed by atoms with Crippen molar-refractivity contribution in [1.82, 2.24) is 10.2 Å². The Morgan fingerprint density at radius 1 is 1.43 bits per heavy atom. The number of hydrogen-bond donors (Lipinski definition) is 1. The van der Waals surface area contributed by atoms with Crippen LogP contribution in [-0.2, 0) is 4.79 Å². The van der Waals surface area contributed by atoms with Gasteiger partial charge in [-0.1, -0.05) is 11.6 Å². The Hall–Kier alpha value is -1.32. The van der Waals surface area contributed by atoms with E-state index in [1.165, 1.54) is 18.4 Å². The van der Waals surface area contributed by atoms with E-state index in [0.717, 1.165) is 12.8 Å². The molecule has 0 saturated carbocycles. The molecule has 0 unspecified atom stereocenters. The van der Waals surface area contributed by atoms with Crippen LogP contribution in [0.4, 0.5) is 4.79 Å². The van der Waals surface area contributed by atoms with Gasteiger partial charge in [0, 0.05) is 6.54 Å². The first kappa shape index (κ1) is 9.24. The van der Waals surface area contributed by atoms with Gasteiger partial charge in [-0.15, -0.1) is 0 Å². The van der Waals surface area contributed by atoms with Crippen molar-refractivity contribution in [1.29, 1.82) is 0 Å². The topological polar surface area (TPSA) is 49.4 Å². The second kappa shape index (κ2) is 3.82. The van der Waals surface area contributed by atoms with Crippen LogP contribution >= 0.6 is 0 Å². The first-order valence-corrected chi connectivity index (χ1v) is 5.02. The van der Waals surface area contributed by atoms with Crippen LogP contribution in [0.15, 0.2) is 11.6 Å². The van der Waals surface area contributed by atoms with Crippen LogP contribution in [0, 0.1) is 0 Å². The zero-order chi connectivity index (χ0) is 9.97. The Balaban J connectivity index is 1.80.